The molecule has 16 heavy (non-hydrogen) atoms. The first-order chi connectivity index (χ1) is 7.61. The van der Waals surface area contributed by atoms with E-state index in [1.54, 1.807) is 24.3 Å². The van der Waals surface area contributed by atoms with E-state index in [2.05, 4.69) is 9.82 Å². The van der Waals surface area contributed by atoms with Crippen molar-refractivity contribution in [2.45, 2.75) is 6.29 Å². The first kappa shape index (κ1) is 10.6. The zero-order chi connectivity index (χ0) is 11.7. The normalized spacial score (nSPS) is 11.0. The van der Waals surface area contributed by atoms with E-state index in [4.69, 9.17) is 10.2 Å². The average molecular weight is 223 g/mol. The van der Waals surface area contributed by atoms with E-state index in [1.165, 1.54) is 7.11 Å². The summed E-state index contributed by atoms with van der Waals surface area (Å²) in [5.74, 6) is 0. The lowest BCUT2D eigenvalue weighted by atomic mass is 10.2. The van der Waals surface area contributed by atoms with Gasteiger partial charge in [-0.3, -0.25) is 0 Å². The van der Waals surface area contributed by atoms with Crippen LogP contribution in [-0.2, 0) is 4.84 Å². The molecule has 1 aromatic heterocycles. The van der Waals surface area contributed by atoms with Crippen LogP contribution in [0.25, 0.3) is 10.9 Å². The summed E-state index contributed by atoms with van der Waals surface area (Å²) in [5, 5.41) is 18.7. The highest BCUT2D eigenvalue weighted by atomic mass is 16.8. The summed E-state index contributed by atoms with van der Waals surface area (Å²) < 4.78 is 0. The molecular formula is C10H11N2O4+. The second-order valence-corrected chi connectivity index (χ2v) is 3.31. The molecule has 0 unspecified atom stereocenters. The summed E-state index contributed by atoms with van der Waals surface area (Å²) in [6.45, 7) is 0. The van der Waals surface area contributed by atoms with Gasteiger partial charge in [-0.1, -0.05) is 0 Å². The molecule has 0 spiro atoms. The summed E-state index contributed by atoms with van der Waals surface area (Å²) in [5.41, 5.74) is 1.34. The van der Waals surface area contributed by atoms with Crippen molar-refractivity contribution >= 4 is 16.6 Å². The quantitative estimate of drug-likeness (QED) is 0.537. The van der Waals surface area contributed by atoms with Crippen molar-refractivity contribution in [1.29, 1.82) is 0 Å². The Morgan fingerprint density at radius 1 is 1.38 bits per heavy atom. The van der Waals surface area contributed by atoms with E-state index in [1.807, 2.05) is 0 Å². The second kappa shape index (κ2) is 3.92. The van der Waals surface area contributed by atoms with Crippen molar-refractivity contribution in [3.63, 3.8) is 0 Å². The van der Waals surface area contributed by atoms with Crippen LogP contribution in [-0.4, -0.2) is 27.2 Å². The van der Waals surface area contributed by atoms with Crippen LogP contribution in [0.1, 0.15) is 12.0 Å². The van der Waals surface area contributed by atoms with Gasteiger partial charge in [-0.15, -0.1) is 0 Å². The summed E-state index contributed by atoms with van der Waals surface area (Å²) in [7, 11) is 1.28. The SMILES string of the molecule is CO[N+](=O)c1ccc2[nH]c(C(O)O)cc2c1. The Bertz CT molecular complexity index is 533. The molecule has 0 aliphatic carbocycles. The van der Waals surface area contributed by atoms with Crippen LogP contribution >= 0.6 is 0 Å². The van der Waals surface area contributed by atoms with Gasteiger partial charge in [-0.2, -0.15) is 0 Å². The van der Waals surface area contributed by atoms with Crippen LogP contribution in [0.5, 0.6) is 0 Å². The molecule has 6 heteroatoms. The topological polar surface area (TPSA) is 85.6 Å². The number of nitrogens with one attached hydrogen (secondary N) is 1. The number of nitrogens with zero attached hydrogens (tertiary/aromatic N) is 1. The monoisotopic (exact) mass is 223 g/mol. The number of rotatable bonds is 3. The summed E-state index contributed by atoms with van der Waals surface area (Å²) in [4.78, 5) is 18.9. The zero-order valence-electron chi connectivity index (χ0n) is 8.54. The van der Waals surface area contributed by atoms with Gasteiger partial charge in [-0.25, -0.2) is 4.84 Å². The molecule has 1 heterocycles. The first-order valence-corrected chi connectivity index (χ1v) is 4.62. The lowest BCUT2D eigenvalue weighted by Crippen LogP contribution is -1.96. The number of aliphatic hydroxyl groups excluding tert-OH is 1. The number of benzene rings is 1. The summed E-state index contributed by atoms with van der Waals surface area (Å²) in [6, 6.07) is 6.39. The zero-order valence-corrected chi connectivity index (χ0v) is 8.54. The summed E-state index contributed by atoms with van der Waals surface area (Å²) in [6.07, 6.45) is -1.55. The Morgan fingerprint density at radius 3 is 2.75 bits per heavy atom. The molecule has 0 aliphatic rings. The lowest BCUT2D eigenvalue weighted by Gasteiger charge is -1.96. The van der Waals surface area contributed by atoms with E-state index in [9.17, 15) is 4.91 Å². The van der Waals surface area contributed by atoms with Gasteiger partial charge in [0.2, 0.25) is 0 Å². The van der Waals surface area contributed by atoms with Gasteiger partial charge in [-0.05, 0) is 12.1 Å². The Hall–Kier alpha value is -1.92. The number of aromatic nitrogens is 1. The van der Waals surface area contributed by atoms with Crippen LogP contribution in [0, 0.1) is 4.91 Å². The number of aliphatic hydroxyl groups is 2. The minimum absolute atomic E-state index is 0.280. The lowest BCUT2D eigenvalue weighted by molar-refractivity contribution is -0.736. The second-order valence-electron chi connectivity index (χ2n) is 3.31. The minimum atomic E-state index is -1.55. The molecule has 1 aromatic carbocycles. The van der Waals surface area contributed by atoms with Crippen LogP contribution in [0.2, 0.25) is 0 Å². The molecule has 0 saturated carbocycles. The predicted octanol–water partition coefficient (Wildman–Crippen LogP) is 1.12. The van der Waals surface area contributed by atoms with Gasteiger partial charge < -0.3 is 15.2 Å². The number of H-pyrrole nitrogens is 1. The molecule has 0 saturated heterocycles. The molecule has 84 valence electrons. The van der Waals surface area contributed by atoms with Crippen molar-refractivity contribution in [3.8, 4) is 0 Å². The van der Waals surface area contributed by atoms with Gasteiger partial charge >= 0.3 is 5.69 Å². The fourth-order valence-corrected chi connectivity index (χ4v) is 1.50. The number of hydrogen-bond donors (Lipinski definition) is 3. The Labute approximate surface area is 90.6 Å². The van der Waals surface area contributed by atoms with E-state index in [0.29, 0.717) is 16.0 Å². The molecule has 0 aliphatic heterocycles. The van der Waals surface area contributed by atoms with Gasteiger partial charge in [0, 0.05) is 23.0 Å². The Balaban J connectivity index is 2.49. The molecular weight excluding hydrogens is 212 g/mol. The van der Waals surface area contributed by atoms with Gasteiger partial charge in [0.05, 0.1) is 10.6 Å². The van der Waals surface area contributed by atoms with Crippen LogP contribution < -0.4 is 0 Å². The third kappa shape index (κ3) is 1.75. The van der Waals surface area contributed by atoms with E-state index < -0.39 is 6.29 Å². The maximum Gasteiger partial charge on any atom is 0.317 e. The van der Waals surface area contributed by atoms with E-state index in [0.717, 1.165) is 5.52 Å². The van der Waals surface area contributed by atoms with Crippen molar-refractivity contribution in [2.24, 2.45) is 0 Å². The first-order valence-electron chi connectivity index (χ1n) is 4.62. The molecule has 2 aromatic rings. The largest absolute Gasteiger partial charge is 0.363 e. The number of aromatic amines is 1. The molecule has 6 nitrogen and oxygen atoms in total. The predicted molar refractivity (Wildman–Crippen MR) is 55.8 cm³/mol. The summed E-state index contributed by atoms with van der Waals surface area (Å²) >= 11 is 0. The smallest absolute Gasteiger partial charge is 0.317 e. The van der Waals surface area contributed by atoms with Crippen molar-refractivity contribution in [1.82, 2.24) is 4.98 Å². The average Bonchev–Trinajstić information content (AvgIpc) is 2.70. The minimum Gasteiger partial charge on any atom is -0.363 e. The molecule has 0 radical (unpaired) electrons. The third-order valence-electron chi connectivity index (χ3n) is 2.28. The highest BCUT2D eigenvalue weighted by molar-refractivity contribution is 5.82. The molecule has 0 amide bonds. The van der Waals surface area contributed by atoms with E-state index in [-0.39, 0.29) is 5.69 Å². The van der Waals surface area contributed by atoms with Crippen molar-refractivity contribution < 1.29 is 20.0 Å². The standard InChI is InChI=1S/C10H11N2O4/c1-16-12(15)7-2-3-8-6(4-7)5-9(11-8)10(13)14/h2-5,10-11,13-14H,1H3/q+1. The van der Waals surface area contributed by atoms with E-state index >= 15 is 0 Å². The molecule has 0 bridgehead atoms. The number of hydrogen-bond acceptors (Lipinski definition) is 4. The van der Waals surface area contributed by atoms with Gasteiger partial charge in [0.25, 0.3) is 4.92 Å². The Kier molecular flexibility index (Phi) is 2.59. The Morgan fingerprint density at radius 2 is 2.12 bits per heavy atom. The number of fused-ring (bicyclic) bond motifs is 1. The molecule has 3 N–H and O–H groups in total. The maximum absolute atomic E-state index is 11.2. The molecule has 0 fully saturated rings. The molecule has 0 atom stereocenters. The highest BCUT2D eigenvalue weighted by Gasteiger charge is 2.16. The fourth-order valence-electron chi connectivity index (χ4n) is 1.50. The maximum atomic E-state index is 11.2. The third-order valence-corrected chi connectivity index (χ3v) is 2.28. The van der Waals surface area contributed by atoms with Crippen molar-refractivity contribution in [3.05, 3.63) is 34.9 Å². The van der Waals surface area contributed by atoms with Gasteiger partial charge in [0.15, 0.2) is 13.4 Å². The molecule has 2 rings (SSSR count). The van der Waals surface area contributed by atoms with Crippen LogP contribution in [0.15, 0.2) is 24.3 Å². The van der Waals surface area contributed by atoms with Gasteiger partial charge in [0.1, 0.15) is 0 Å². The highest BCUT2D eigenvalue weighted by Crippen LogP contribution is 2.23. The fraction of sp³-hybridized carbons (Fsp3) is 0.200. The van der Waals surface area contributed by atoms with Crippen LogP contribution in [0.4, 0.5) is 5.69 Å². The van der Waals surface area contributed by atoms with Crippen LogP contribution in [0.3, 0.4) is 0 Å². The van der Waals surface area contributed by atoms with Crippen molar-refractivity contribution in [2.75, 3.05) is 7.11 Å².